The van der Waals surface area contributed by atoms with E-state index < -0.39 is 23.7 Å². The number of fused-ring (bicyclic) bond motifs is 1. The van der Waals surface area contributed by atoms with Crippen LogP contribution in [0.25, 0.3) is 10.8 Å². The zero-order valence-corrected chi connectivity index (χ0v) is 14.1. The molecule has 0 aromatic heterocycles. The fraction of sp³-hybridized carbons (Fsp3) is 0.389. The van der Waals surface area contributed by atoms with Crippen LogP contribution in [-0.4, -0.2) is 29.7 Å². The zero-order valence-electron chi connectivity index (χ0n) is 14.1. The zero-order chi connectivity index (χ0) is 18.4. The number of nitrogens with zero attached hydrogens (tertiary/aromatic N) is 1. The van der Waals surface area contributed by atoms with Crippen LogP contribution < -0.4 is 10.2 Å². The minimum absolute atomic E-state index is 0.0121. The van der Waals surface area contributed by atoms with Gasteiger partial charge in [0.15, 0.2) is 6.04 Å². The maximum atomic E-state index is 14.0. The van der Waals surface area contributed by atoms with Crippen molar-refractivity contribution in [2.75, 3.05) is 7.11 Å². The number of hydrazine groups is 1. The Balaban J connectivity index is 2.18. The Morgan fingerprint density at radius 3 is 2.52 bits per heavy atom. The van der Waals surface area contributed by atoms with Crippen molar-refractivity contribution in [2.45, 2.75) is 38.0 Å². The van der Waals surface area contributed by atoms with Crippen molar-refractivity contribution in [3.8, 4) is 5.75 Å². The lowest BCUT2D eigenvalue weighted by atomic mass is 9.93. The van der Waals surface area contributed by atoms with Gasteiger partial charge in [-0.1, -0.05) is 24.3 Å². The van der Waals surface area contributed by atoms with Crippen molar-refractivity contribution in [1.29, 1.82) is 0 Å². The molecule has 3 rings (SSSR count). The van der Waals surface area contributed by atoms with E-state index in [0.29, 0.717) is 16.5 Å². The number of rotatable bonds is 3. The molecule has 2 aromatic rings. The first-order valence-corrected chi connectivity index (χ1v) is 7.86. The Morgan fingerprint density at radius 2 is 1.96 bits per heavy atom. The number of ether oxygens (including phenoxy) is 1. The number of methoxy groups -OCH3 is 1. The smallest absolute Gasteiger partial charge is 0.409 e. The molecule has 0 bridgehead atoms. The third-order valence-corrected chi connectivity index (χ3v) is 4.47. The summed E-state index contributed by atoms with van der Waals surface area (Å²) in [5.41, 5.74) is 1.53. The highest BCUT2D eigenvalue weighted by atomic mass is 19.4. The lowest BCUT2D eigenvalue weighted by Crippen LogP contribution is -2.51. The van der Waals surface area contributed by atoms with Gasteiger partial charge in [0.25, 0.3) is 0 Å². The van der Waals surface area contributed by atoms with Crippen molar-refractivity contribution in [1.82, 2.24) is 10.4 Å². The lowest BCUT2D eigenvalue weighted by molar-refractivity contribution is -0.203. The summed E-state index contributed by atoms with van der Waals surface area (Å²) in [5, 5.41) is 2.14. The molecule has 134 valence electrons. The van der Waals surface area contributed by atoms with E-state index in [-0.39, 0.29) is 12.0 Å². The molecule has 0 aliphatic carbocycles. The molecule has 1 fully saturated rings. The van der Waals surface area contributed by atoms with Gasteiger partial charge in [-0.05, 0) is 42.3 Å². The number of alkyl halides is 3. The number of hydrogen-bond acceptors (Lipinski definition) is 3. The summed E-state index contributed by atoms with van der Waals surface area (Å²) >= 11 is 0. The second-order valence-corrected chi connectivity index (χ2v) is 6.77. The predicted octanol–water partition coefficient (Wildman–Crippen LogP) is 3.97. The van der Waals surface area contributed by atoms with E-state index in [2.05, 4.69) is 5.43 Å². The molecule has 1 N–H and O–H groups in total. The van der Waals surface area contributed by atoms with Gasteiger partial charge in [-0.3, -0.25) is 10.2 Å². The molecule has 0 saturated carbocycles. The van der Waals surface area contributed by atoms with Crippen LogP contribution in [0.2, 0.25) is 0 Å². The molecule has 0 spiro atoms. The third kappa shape index (κ3) is 3.16. The Labute approximate surface area is 143 Å². The second kappa shape index (κ2) is 5.91. The van der Waals surface area contributed by atoms with Crippen molar-refractivity contribution >= 4 is 16.7 Å². The quantitative estimate of drug-likeness (QED) is 0.909. The maximum Gasteiger partial charge on any atom is 0.409 e. The van der Waals surface area contributed by atoms with E-state index in [9.17, 15) is 18.0 Å². The minimum Gasteiger partial charge on any atom is -0.497 e. The predicted molar refractivity (Wildman–Crippen MR) is 88.0 cm³/mol. The van der Waals surface area contributed by atoms with Crippen LogP contribution in [0.15, 0.2) is 36.4 Å². The van der Waals surface area contributed by atoms with Gasteiger partial charge in [-0.2, -0.15) is 18.2 Å². The van der Waals surface area contributed by atoms with Crippen LogP contribution in [0.4, 0.5) is 13.2 Å². The maximum absolute atomic E-state index is 14.0. The van der Waals surface area contributed by atoms with E-state index in [1.54, 1.807) is 44.2 Å². The molecule has 0 unspecified atom stereocenters. The molecule has 1 aliphatic rings. The monoisotopic (exact) mass is 352 g/mol. The van der Waals surface area contributed by atoms with E-state index in [4.69, 9.17) is 4.74 Å². The van der Waals surface area contributed by atoms with E-state index in [1.807, 2.05) is 0 Å². The van der Waals surface area contributed by atoms with Gasteiger partial charge in [0.1, 0.15) is 5.75 Å². The van der Waals surface area contributed by atoms with Gasteiger partial charge in [-0.25, -0.2) is 0 Å². The number of carbonyl (C=O) groups is 1. The SMILES string of the molecule is COc1ccc2c([C@H](N3NC(=O)CC3(C)C)C(F)(F)F)cccc2c1. The molecule has 25 heavy (non-hydrogen) atoms. The first-order chi connectivity index (χ1) is 11.6. The lowest BCUT2D eigenvalue weighted by Gasteiger charge is -2.38. The highest BCUT2D eigenvalue weighted by Gasteiger charge is 2.53. The molecule has 1 atom stereocenters. The molecule has 1 amide bonds. The number of amides is 1. The number of halogens is 3. The standard InChI is InChI=1S/C18H19F3N2O2/c1-17(2)10-15(24)22-23(17)16(18(19,20)21)14-6-4-5-11-9-12(25-3)7-8-13(11)14/h4-9,16H,10H2,1-3H3,(H,22,24)/t16-/m0/s1. The van der Waals surface area contributed by atoms with Gasteiger partial charge in [0.2, 0.25) is 5.91 Å². The van der Waals surface area contributed by atoms with Crippen molar-refractivity contribution in [2.24, 2.45) is 0 Å². The summed E-state index contributed by atoms with van der Waals surface area (Å²) in [6.07, 6.45) is -4.54. The topological polar surface area (TPSA) is 41.6 Å². The highest BCUT2D eigenvalue weighted by molar-refractivity contribution is 5.87. The molecule has 1 heterocycles. The summed E-state index contributed by atoms with van der Waals surface area (Å²) in [6, 6.07) is 7.78. The Kier molecular flexibility index (Phi) is 4.15. The van der Waals surface area contributed by atoms with Gasteiger partial charge in [-0.15, -0.1) is 0 Å². The fourth-order valence-electron chi connectivity index (χ4n) is 3.33. The Hall–Kier alpha value is -2.28. The first kappa shape index (κ1) is 17.5. The van der Waals surface area contributed by atoms with Crippen LogP contribution in [0.1, 0.15) is 31.9 Å². The van der Waals surface area contributed by atoms with Gasteiger partial charge in [0.05, 0.1) is 7.11 Å². The summed E-state index contributed by atoms with van der Waals surface area (Å²) in [6.45, 7) is 3.25. The molecular formula is C18H19F3N2O2. The van der Waals surface area contributed by atoms with Crippen molar-refractivity contribution in [3.63, 3.8) is 0 Å². The molecular weight excluding hydrogens is 333 g/mol. The molecule has 2 aromatic carbocycles. The average Bonchev–Trinajstić information content (AvgIpc) is 2.78. The van der Waals surface area contributed by atoms with Crippen LogP contribution in [0.5, 0.6) is 5.75 Å². The number of carbonyl (C=O) groups excluding carboxylic acids is 1. The van der Waals surface area contributed by atoms with Crippen molar-refractivity contribution < 1.29 is 22.7 Å². The normalized spacial score (nSPS) is 19.0. The third-order valence-electron chi connectivity index (χ3n) is 4.47. The van der Waals surface area contributed by atoms with E-state index >= 15 is 0 Å². The molecule has 1 saturated heterocycles. The highest BCUT2D eigenvalue weighted by Crippen LogP contribution is 2.44. The summed E-state index contributed by atoms with van der Waals surface area (Å²) in [4.78, 5) is 11.7. The largest absolute Gasteiger partial charge is 0.497 e. The average molecular weight is 352 g/mol. The van der Waals surface area contributed by atoms with Gasteiger partial charge < -0.3 is 4.74 Å². The van der Waals surface area contributed by atoms with Crippen molar-refractivity contribution in [3.05, 3.63) is 42.0 Å². The Bertz CT molecular complexity index is 818. The van der Waals surface area contributed by atoms with Gasteiger partial charge >= 0.3 is 6.18 Å². The summed E-state index contributed by atoms with van der Waals surface area (Å²) in [7, 11) is 1.51. The van der Waals surface area contributed by atoms with Crippen LogP contribution in [-0.2, 0) is 4.79 Å². The van der Waals surface area contributed by atoms with E-state index in [1.165, 1.54) is 13.2 Å². The molecule has 4 nitrogen and oxygen atoms in total. The summed E-state index contributed by atoms with van der Waals surface area (Å²) in [5.74, 6) is 0.157. The molecule has 7 heteroatoms. The van der Waals surface area contributed by atoms with E-state index in [0.717, 1.165) is 5.01 Å². The van der Waals surface area contributed by atoms with Gasteiger partial charge in [0, 0.05) is 12.0 Å². The fourth-order valence-corrected chi connectivity index (χ4v) is 3.33. The molecule has 0 radical (unpaired) electrons. The second-order valence-electron chi connectivity index (χ2n) is 6.77. The van der Waals surface area contributed by atoms with Crippen LogP contribution in [0, 0.1) is 0 Å². The minimum atomic E-state index is -4.55. The number of hydrogen-bond donors (Lipinski definition) is 1. The number of nitrogens with one attached hydrogen (secondary N) is 1. The van der Waals surface area contributed by atoms with Crippen LogP contribution >= 0.6 is 0 Å². The summed E-state index contributed by atoms with van der Waals surface area (Å²) < 4.78 is 47.1. The first-order valence-electron chi connectivity index (χ1n) is 7.86. The van der Waals surface area contributed by atoms with Crippen LogP contribution in [0.3, 0.4) is 0 Å². The number of benzene rings is 2. The Morgan fingerprint density at radius 1 is 1.24 bits per heavy atom. The molecule has 1 aliphatic heterocycles.